The summed E-state index contributed by atoms with van der Waals surface area (Å²) in [4.78, 5) is 0. The summed E-state index contributed by atoms with van der Waals surface area (Å²) in [6.45, 7) is 8.69. The lowest BCUT2D eigenvalue weighted by Crippen LogP contribution is -2.63. The summed E-state index contributed by atoms with van der Waals surface area (Å²) < 4.78 is 5.11. The second-order valence-electron chi connectivity index (χ2n) is 7.87. The molecule has 1 aliphatic heterocycles. The van der Waals surface area contributed by atoms with Crippen molar-refractivity contribution < 1.29 is 4.74 Å². The minimum atomic E-state index is 0.00848. The van der Waals surface area contributed by atoms with Gasteiger partial charge in [0, 0.05) is 22.8 Å². The normalized spacial score (nSPS) is 18.9. The Kier molecular flexibility index (Phi) is 5.57. The first kappa shape index (κ1) is 19.1. The standard InChI is InChI=1S/C18H30N6O/c1-17(2)10-13(11-18(3,4)24-17)22-16(20)23-15(19)21-12-6-8-14(25-5)9-7-12/h6-9,13,24H,10-11H2,1-5H3,(H5,19,20,21,22,23). The third-order valence-electron chi connectivity index (χ3n) is 4.15. The van der Waals surface area contributed by atoms with E-state index in [1.54, 1.807) is 7.11 Å². The molecule has 0 saturated carbocycles. The number of benzene rings is 1. The van der Waals surface area contributed by atoms with Crippen molar-refractivity contribution in [3.8, 4) is 5.75 Å². The van der Waals surface area contributed by atoms with Crippen molar-refractivity contribution in [2.75, 3.05) is 12.4 Å². The van der Waals surface area contributed by atoms with Gasteiger partial charge in [-0.15, -0.1) is 0 Å². The van der Waals surface area contributed by atoms with Crippen molar-refractivity contribution in [2.45, 2.75) is 57.7 Å². The molecule has 0 radical (unpaired) electrons. The molecule has 1 fully saturated rings. The van der Waals surface area contributed by atoms with Crippen LogP contribution in [0.25, 0.3) is 0 Å². The first-order valence-electron chi connectivity index (χ1n) is 8.50. The average Bonchev–Trinajstić information content (AvgIpc) is 2.44. The highest BCUT2D eigenvalue weighted by Crippen LogP contribution is 2.28. The fourth-order valence-corrected chi connectivity index (χ4v) is 3.64. The fourth-order valence-electron chi connectivity index (χ4n) is 3.64. The molecule has 6 N–H and O–H groups in total. The monoisotopic (exact) mass is 346 g/mol. The van der Waals surface area contributed by atoms with Gasteiger partial charge in [-0.25, -0.2) is 0 Å². The summed E-state index contributed by atoms with van der Waals surface area (Å²) in [5.41, 5.74) is 0.776. The van der Waals surface area contributed by atoms with E-state index in [1.165, 1.54) is 0 Å². The van der Waals surface area contributed by atoms with Gasteiger partial charge in [0.15, 0.2) is 11.9 Å². The molecule has 1 aromatic carbocycles. The maximum atomic E-state index is 8.10. The first-order chi connectivity index (χ1) is 11.6. The van der Waals surface area contributed by atoms with E-state index in [9.17, 15) is 0 Å². The summed E-state index contributed by atoms with van der Waals surface area (Å²) in [5, 5.41) is 28.6. The highest BCUT2D eigenvalue weighted by molar-refractivity contribution is 6.02. The van der Waals surface area contributed by atoms with Crippen molar-refractivity contribution in [3.63, 3.8) is 0 Å². The van der Waals surface area contributed by atoms with Crippen LogP contribution in [0.2, 0.25) is 0 Å². The molecule has 0 aromatic heterocycles. The van der Waals surface area contributed by atoms with Crippen molar-refractivity contribution >= 4 is 17.6 Å². The van der Waals surface area contributed by atoms with Gasteiger partial charge in [0.1, 0.15) is 5.75 Å². The Hall–Kier alpha value is -2.28. The van der Waals surface area contributed by atoms with E-state index in [2.05, 4.69) is 49.0 Å². The molecule has 0 spiro atoms. The van der Waals surface area contributed by atoms with Crippen LogP contribution in [-0.2, 0) is 0 Å². The van der Waals surface area contributed by atoms with E-state index in [1.807, 2.05) is 24.3 Å². The number of methoxy groups -OCH3 is 1. The number of hydrogen-bond donors (Lipinski definition) is 6. The smallest absolute Gasteiger partial charge is 0.199 e. The van der Waals surface area contributed by atoms with E-state index in [0.717, 1.165) is 24.3 Å². The SMILES string of the molecule is COc1ccc(NC(=N)NC(=N)NC2CC(C)(C)NC(C)(C)C2)cc1. The molecule has 1 heterocycles. The predicted octanol–water partition coefficient (Wildman–Crippen LogP) is 2.47. The molecule has 1 aliphatic rings. The zero-order chi connectivity index (χ0) is 18.7. The van der Waals surface area contributed by atoms with Gasteiger partial charge in [0.2, 0.25) is 0 Å². The van der Waals surface area contributed by atoms with E-state index in [0.29, 0.717) is 0 Å². The second-order valence-corrected chi connectivity index (χ2v) is 7.87. The third-order valence-corrected chi connectivity index (χ3v) is 4.15. The molecule has 7 heteroatoms. The topological polar surface area (TPSA) is 105 Å². The van der Waals surface area contributed by atoms with Gasteiger partial charge < -0.3 is 20.7 Å². The minimum Gasteiger partial charge on any atom is -0.497 e. The first-order valence-corrected chi connectivity index (χ1v) is 8.50. The lowest BCUT2D eigenvalue weighted by Gasteiger charge is -2.46. The van der Waals surface area contributed by atoms with Gasteiger partial charge in [0.25, 0.3) is 0 Å². The van der Waals surface area contributed by atoms with Crippen LogP contribution >= 0.6 is 0 Å². The fraction of sp³-hybridized carbons (Fsp3) is 0.556. The summed E-state index contributed by atoms with van der Waals surface area (Å²) in [6, 6.07) is 7.46. The molecular weight excluding hydrogens is 316 g/mol. The van der Waals surface area contributed by atoms with Gasteiger partial charge in [-0.2, -0.15) is 0 Å². The zero-order valence-corrected chi connectivity index (χ0v) is 15.7. The summed E-state index contributed by atoms with van der Waals surface area (Å²) in [7, 11) is 1.61. The van der Waals surface area contributed by atoms with Crippen molar-refractivity contribution in [1.29, 1.82) is 10.8 Å². The summed E-state index contributed by atoms with van der Waals surface area (Å²) >= 11 is 0. The third kappa shape index (κ3) is 5.94. The Labute approximate surface area is 149 Å². The van der Waals surface area contributed by atoms with Gasteiger partial charge in [-0.3, -0.25) is 16.1 Å². The predicted molar refractivity (Wildman–Crippen MR) is 103 cm³/mol. The van der Waals surface area contributed by atoms with Crippen LogP contribution in [0.3, 0.4) is 0 Å². The molecule has 25 heavy (non-hydrogen) atoms. The van der Waals surface area contributed by atoms with Crippen molar-refractivity contribution in [3.05, 3.63) is 24.3 Å². The number of piperidine rings is 1. The van der Waals surface area contributed by atoms with Crippen molar-refractivity contribution in [2.24, 2.45) is 0 Å². The van der Waals surface area contributed by atoms with E-state index in [4.69, 9.17) is 15.6 Å². The van der Waals surface area contributed by atoms with Gasteiger partial charge in [-0.1, -0.05) is 0 Å². The van der Waals surface area contributed by atoms with Crippen LogP contribution in [0.1, 0.15) is 40.5 Å². The van der Waals surface area contributed by atoms with Gasteiger partial charge in [0.05, 0.1) is 7.11 Å². The molecular formula is C18H30N6O. The van der Waals surface area contributed by atoms with Crippen LogP contribution < -0.4 is 26.0 Å². The summed E-state index contributed by atoms with van der Waals surface area (Å²) in [5.74, 6) is 0.940. The van der Waals surface area contributed by atoms with Crippen LogP contribution in [0.4, 0.5) is 5.69 Å². The van der Waals surface area contributed by atoms with Gasteiger partial charge >= 0.3 is 0 Å². The maximum absolute atomic E-state index is 8.10. The summed E-state index contributed by atoms with van der Waals surface area (Å²) in [6.07, 6.45) is 1.83. The minimum absolute atomic E-state index is 0.00848. The number of rotatable bonds is 3. The average molecular weight is 346 g/mol. The molecule has 7 nitrogen and oxygen atoms in total. The maximum Gasteiger partial charge on any atom is 0.199 e. The largest absolute Gasteiger partial charge is 0.497 e. The Morgan fingerprint density at radius 2 is 1.60 bits per heavy atom. The molecule has 0 amide bonds. The van der Waals surface area contributed by atoms with Crippen LogP contribution in [0.15, 0.2) is 24.3 Å². The second kappa shape index (κ2) is 7.31. The highest BCUT2D eigenvalue weighted by atomic mass is 16.5. The molecule has 1 aromatic rings. The molecule has 0 aliphatic carbocycles. The molecule has 2 rings (SSSR count). The lowest BCUT2D eigenvalue weighted by molar-refractivity contribution is 0.155. The Morgan fingerprint density at radius 3 is 2.12 bits per heavy atom. The van der Waals surface area contributed by atoms with Gasteiger partial charge in [-0.05, 0) is 64.8 Å². The quantitative estimate of drug-likeness (QED) is 0.373. The number of nitrogens with one attached hydrogen (secondary N) is 6. The Morgan fingerprint density at radius 1 is 1.04 bits per heavy atom. The van der Waals surface area contributed by atoms with Crippen molar-refractivity contribution in [1.82, 2.24) is 16.0 Å². The van der Waals surface area contributed by atoms with E-state index >= 15 is 0 Å². The highest BCUT2D eigenvalue weighted by Gasteiger charge is 2.37. The number of anilines is 1. The van der Waals surface area contributed by atoms with Crippen LogP contribution in [-0.4, -0.2) is 36.1 Å². The molecule has 138 valence electrons. The van der Waals surface area contributed by atoms with Crippen LogP contribution in [0.5, 0.6) is 5.75 Å². The molecule has 0 atom stereocenters. The Balaban J connectivity index is 1.85. The number of guanidine groups is 2. The molecule has 0 bridgehead atoms. The van der Waals surface area contributed by atoms with Crippen LogP contribution in [0, 0.1) is 10.8 Å². The van der Waals surface area contributed by atoms with E-state index < -0.39 is 0 Å². The molecule has 1 saturated heterocycles. The lowest BCUT2D eigenvalue weighted by atomic mass is 9.80. The zero-order valence-electron chi connectivity index (χ0n) is 15.7. The molecule has 0 unspecified atom stereocenters. The number of hydrogen-bond acceptors (Lipinski definition) is 4. The number of ether oxygens (including phenoxy) is 1. The van der Waals surface area contributed by atoms with E-state index in [-0.39, 0.29) is 29.0 Å². The Bertz CT molecular complexity index is 607.